The molecule has 6 heteroatoms. The highest BCUT2D eigenvalue weighted by Gasteiger charge is 2.14. The molecule has 33 heavy (non-hydrogen) atoms. The molecule has 1 aromatic heterocycles. The smallest absolute Gasteiger partial charge is 0.343 e. The Kier molecular flexibility index (Phi) is 5.39. The number of ether oxygens (including phenoxy) is 1. The average Bonchev–Trinajstić information content (AvgIpc) is 3.30. The molecule has 0 bridgehead atoms. The number of hydrogen-bond acceptors (Lipinski definition) is 5. The van der Waals surface area contributed by atoms with Crippen molar-refractivity contribution in [3.05, 3.63) is 114 Å². The molecule has 0 atom stereocenters. The van der Waals surface area contributed by atoms with Gasteiger partial charge in [0.25, 0.3) is 0 Å². The fourth-order valence-electron chi connectivity index (χ4n) is 3.54. The van der Waals surface area contributed by atoms with Gasteiger partial charge in [0.2, 0.25) is 0 Å². The third-order valence-corrected chi connectivity index (χ3v) is 5.15. The van der Waals surface area contributed by atoms with Crippen molar-refractivity contribution in [1.82, 2.24) is 5.43 Å². The van der Waals surface area contributed by atoms with Gasteiger partial charge in [-0.1, -0.05) is 66.7 Å². The van der Waals surface area contributed by atoms with Gasteiger partial charge in [-0.25, -0.2) is 10.2 Å². The second-order valence-electron chi connectivity index (χ2n) is 7.30. The minimum absolute atomic E-state index is 0.155. The Morgan fingerprint density at radius 1 is 0.818 bits per heavy atom. The molecule has 1 amide bonds. The summed E-state index contributed by atoms with van der Waals surface area (Å²) in [5.41, 5.74) is 4.11. The maximum Gasteiger partial charge on any atom is 0.343 e. The second-order valence-corrected chi connectivity index (χ2v) is 7.30. The van der Waals surface area contributed by atoms with Gasteiger partial charge < -0.3 is 9.15 Å². The number of benzene rings is 4. The van der Waals surface area contributed by atoms with Gasteiger partial charge in [-0.05, 0) is 41.1 Å². The summed E-state index contributed by atoms with van der Waals surface area (Å²) < 4.78 is 11.2. The Labute approximate surface area is 189 Å². The number of furan rings is 1. The van der Waals surface area contributed by atoms with Crippen LogP contribution in [0, 0.1) is 0 Å². The summed E-state index contributed by atoms with van der Waals surface area (Å²) in [6.07, 6.45) is 1.47. The van der Waals surface area contributed by atoms with Crippen LogP contribution >= 0.6 is 0 Å². The Bertz CT molecular complexity index is 1470. The number of esters is 1. The van der Waals surface area contributed by atoms with E-state index in [0.717, 1.165) is 16.2 Å². The van der Waals surface area contributed by atoms with Crippen LogP contribution in [0.15, 0.2) is 107 Å². The predicted molar refractivity (Wildman–Crippen MR) is 127 cm³/mol. The second kappa shape index (κ2) is 8.80. The van der Waals surface area contributed by atoms with E-state index >= 15 is 0 Å². The molecule has 1 N–H and O–H groups in total. The van der Waals surface area contributed by atoms with E-state index < -0.39 is 11.9 Å². The van der Waals surface area contributed by atoms with E-state index in [1.54, 1.807) is 42.5 Å². The molecule has 4 aromatic carbocycles. The standard InChI is InChI=1S/C27H18N2O4/c30-26(25-16-20-11-5-7-13-23(20)32-25)29-28-17-22-21-12-6-4-8-18(21)14-15-24(22)33-27(31)19-9-2-1-3-10-19/h1-17H,(H,29,30)/b28-17+. The minimum Gasteiger partial charge on any atom is -0.451 e. The maximum absolute atomic E-state index is 12.6. The molecule has 0 spiro atoms. The number of para-hydroxylation sites is 1. The van der Waals surface area contributed by atoms with E-state index in [1.165, 1.54) is 6.21 Å². The molecule has 160 valence electrons. The van der Waals surface area contributed by atoms with E-state index in [-0.39, 0.29) is 5.76 Å². The first-order chi connectivity index (χ1) is 16.2. The summed E-state index contributed by atoms with van der Waals surface area (Å²) >= 11 is 0. The monoisotopic (exact) mass is 434 g/mol. The first kappa shape index (κ1) is 20.2. The number of rotatable bonds is 5. The molecule has 1 heterocycles. The van der Waals surface area contributed by atoms with Crippen molar-refractivity contribution in [1.29, 1.82) is 0 Å². The van der Waals surface area contributed by atoms with Crippen molar-refractivity contribution in [2.75, 3.05) is 0 Å². The number of carbonyl (C=O) groups excluding carboxylic acids is 2. The Morgan fingerprint density at radius 3 is 2.36 bits per heavy atom. The van der Waals surface area contributed by atoms with E-state index in [9.17, 15) is 9.59 Å². The van der Waals surface area contributed by atoms with Crippen molar-refractivity contribution in [3.63, 3.8) is 0 Å². The molecule has 0 saturated heterocycles. The Morgan fingerprint density at radius 2 is 1.55 bits per heavy atom. The number of hydrazone groups is 1. The number of nitrogens with one attached hydrogen (secondary N) is 1. The third kappa shape index (κ3) is 4.22. The normalized spacial score (nSPS) is 11.2. The molecule has 0 aliphatic heterocycles. The quantitative estimate of drug-likeness (QED) is 0.170. The summed E-state index contributed by atoms with van der Waals surface area (Å²) in [5, 5.41) is 6.71. The fourth-order valence-corrected chi connectivity index (χ4v) is 3.54. The van der Waals surface area contributed by atoms with E-state index in [0.29, 0.717) is 22.5 Å². The highest BCUT2D eigenvalue weighted by molar-refractivity contribution is 6.04. The molecule has 0 saturated carbocycles. The third-order valence-electron chi connectivity index (χ3n) is 5.15. The zero-order valence-electron chi connectivity index (χ0n) is 17.4. The molecule has 0 aliphatic carbocycles. The molecular weight excluding hydrogens is 416 g/mol. The Hall–Kier alpha value is -4.71. The van der Waals surface area contributed by atoms with Crippen LogP contribution in [0.2, 0.25) is 0 Å². The lowest BCUT2D eigenvalue weighted by Crippen LogP contribution is -2.17. The average molecular weight is 434 g/mol. The van der Waals surface area contributed by atoms with Crippen LogP contribution in [0.3, 0.4) is 0 Å². The minimum atomic E-state index is -0.481. The Balaban J connectivity index is 1.43. The molecular formula is C27H18N2O4. The van der Waals surface area contributed by atoms with E-state index in [1.807, 2.05) is 54.6 Å². The van der Waals surface area contributed by atoms with Gasteiger partial charge >= 0.3 is 11.9 Å². The number of fused-ring (bicyclic) bond motifs is 2. The lowest BCUT2D eigenvalue weighted by atomic mass is 10.0. The van der Waals surface area contributed by atoms with Gasteiger partial charge in [0, 0.05) is 10.9 Å². The number of amides is 1. The van der Waals surface area contributed by atoms with Gasteiger partial charge in [-0.3, -0.25) is 4.79 Å². The van der Waals surface area contributed by atoms with Crippen LogP contribution in [0.1, 0.15) is 26.5 Å². The van der Waals surface area contributed by atoms with Crippen molar-refractivity contribution in [2.45, 2.75) is 0 Å². The zero-order chi connectivity index (χ0) is 22.6. The predicted octanol–water partition coefficient (Wildman–Crippen LogP) is 5.57. The van der Waals surface area contributed by atoms with Crippen molar-refractivity contribution in [2.24, 2.45) is 5.10 Å². The highest BCUT2D eigenvalue weighted by atomic mass is 16.5. The maximum atomic E-state index is 12.6. The number of carbonyl (C=O) groups is 2. The van der Waals surface area contributed by atoms with Crippen LogP contribution in [-0.2, 0) is 0 Å². The molecule has 5 rings (SSSR count). The van der Waals surface area contributed by atoms with Crippen LogP contribution < -0.4 is 10.2 Å². The SMILES string of the molecule is O=C(Oc1ccc2ccccc2c1/C=N/NC(=O)c1cc2ccccc2o1)c1ccccc1. The van der Waals surface area contributed by atoms with Crippen LogP contribution in [-0.4, -0.2) is 18.1 Å². The first-order valence-corrected chi connectivity index (χ1v) is 10.3. The summed E-state index contributed by atoms with van der Waals surface area (Å²) in [6, 6.07) is 29.0. The summed E-state index contributed by atoms with van der Waals surface area (Å²) in [7, 11) is 0. The van der Waals surface area contributed by atoms with Crippen molar-refractivity contribution in [3.8, 4) is 5.75 Å². The van der Waals surface area contributed by atoms with Crippen molar-refractivity contribution >= 4 is 39.8 Å². The number of nitrogens with zero attached hydrogens (tertiary/aromatic N) is 1. The van der Waals surface area contributed by atoms with Crippen LogP contribution in [0.25, 0.3) is 21.7 Å². The summed E-state index contributed by atoms with van der Waals surface area (Å²) in [6.45, 7) is 0. The van der Waals surface area contributed by atoms with Crippen LogP contribution in [0.4, 0.5) is 0 Å². The molecule has 6 nitrogen and oxygen atoms in total. The van der Waals surface area contributed by atoms with Gasteiger partial charge in [-0.15, -0.1) is 0 Å². The zero-order valence-corrected chi connectivity index (χ0v) is 17.4. The molecule has 5 aromatic rings. The molecule has 0 fully saturated rings. The van der Waals surface area contributed by atoms with E-state index in [2.05, 4.69) is 10.5 Å². The van der Waals surface area contributed by atoms with Gasteiger partial charge in [0.1, 0.15) is 11.3 Å². The van der Waals surface area contributed by atoms with Crippen molar-refractivity contribution < 1.29 is 18.7 Å². The lowest BCUT2D eigenvalue weighted by Gasteiger charge is -2.10. The van der Waals surface area contributed by atoms with Gasteiger partial charge in [0.05, 0.1) is 11.8 Å². The number of hydrogen-bond donors (Lipinski definition) is 1. The first-order valence-electron chi connectivity index (χ1n) is 10.3. The topological polar surface area (TPSA) is 80.9 Å². The molecule has 0 unspecified atom stereocenters. The highest BCUT2D eigenvalue weighted by Crippen LogP contribution is 2.27. The fraction of sp³-hybridized carbons (Fsp3) is 0. The van der Waals surface area contributed by atoms with E-state index in [4.69, 9.17) is 9.15 Å². The van der Waals surface area contributed by atoms with Crippen LogP contribution in [0.5, 0.6) is 5.75 Å². The lowest BCUT2D eigenvalue weighted by molar-refractivity contribution is 0.0734. The molecule has 0 aliphatic rings. The summed E-state index contributed by atoms with van der Waals surface area (Å²) in [4.78, 5) is 25.1. The summed E-state index contributed by atoms with van der Waals surface area (Å²) in [5.74, 6) is -0.469. The molecule has 0 radical (unpaired) electrons. The largest absolute Gasteiger partial charge is 0.451 e. The van der Waals surface area contributed by atoms with Gasteiger partial charge in [0.15, 0.2) is 5.76 Å². The van der Waals surface area contributed by atoms with Gasteiger partial charge in [-0.2, -0.15) is 5.10 Å².